The van der Waals surface area contributed by atoms with Gasteiger partial charge in [0.2, 0.25) is 0 Å². The zero-order valence-corrected chi connectivity index (χ0v) is 13.6. The maximum absolute atomic E-state index is 5.52. The van der Waals surface area contributed by atoms with Crippen LogP contribution in [0.4, 0.5) is 0 Å². The molecular formula is C18H26O5. The van der Waals surface area contributed by atoms with E-state index < -0.39 is 0 Å². The van der Waals surface area contributed by atoms with Crippen molar-refractivity contribution < 1.29 is 23.7 Å². The Balaban J connectivity index is 1.83. The number of rotatable bonds is 15. The van der Waals surface area contributed by atoms with Crippen LogP contribution in [0.5, 0.6) is 0 Å². The van der Waals surface area contributed by atoms with Gasteiger partial charge in [0.15, 0.2) is 0 Å². The summed E-state index contributed by atoms with van der Waals surface area (Å²) in [5.74, 6) is 0.656. The van der Waals surface area contributed by atoms with Gasteiger partial charge in [0.1, 0.15) is 19.0 Å². The number of benzene rings is 1. The Morgan fingerprint density at radius 2 is 1.30 bits per heavy atom. The van der Waals surface area contributed by atoms with Crippen molar-refractivity contribution in [2.75, 3.05) is 52.9 Å². The molecule has 0 aliphatic rings. The van der Waals surface area contributed by atoms with Gasteiger partial charge < -0.3 is 23.7 Å². The summed E-state index contributed by atoms with van der Waals surface area (Å²) in [7, 11) is 0. The van der Waals surface area contributed by atoms with E-state index in [1.807, 2.05) is 30.3 Å². The van der Waals surface area contributed by atoms with E-state index in [1.54, 1.807) is 0 Å². The lowest BCUT2D eigenvalue weighted by Crippen LogP contribution is -2.12. The third-order valence-electron chi connectivity index (χ3n) is 2.81. The molecule has 1 aromatic carbocycles. The van der Waals surface area contributed by atoms with Gasteiger partial charge in [0.05, 0.1) is 45.9 Å². The van der Waals surface area contributed by atoms with Crippen molar-refractivity contribution >= 4 is 5.76 Å². The topological polar surface area (TPSA) is 46.2 Å². The fraction of sp³-hybridized carbons (Fsp3) is 0.444. The van der Waals surface area contributed by atoms with Gasteiger partial charge in [-0.3, -0.25) is 0 Å². The van der Waals surface area contributed by atoms with Gasteiger partial charge >= 0.3 is 0 Å². The lowest BCUT2D eigenvalue weighted by Gasteiger charge is -2.10. The van der Waals surface area contributed by atoms with E-state index in [1.165, 1.54) is 6.26 Å². The summed E-state index contributed by atoms with van der Waals surface area (Å²) in [4.78, 5) is 0. The average Bonchev–Trinajstić information content (AvgIpc) is 2.59. The highest BCUT2D eigenvalue weighted by Crippen LogP contribution is 2.12. The zero-order chi connectivity index (χ0) is 16.6. The maximum atomic E-state index is 5.52. The smallest absolute Gasteiger partial charge is 0.119 e. The molecule has 0 spiro atoms. The summed E-state index contributed by atoms with van der Waals surface area (Å²) in [6, 6.07) is 9.78. The highest BCUT2D eigenvalue weighted by molar-refractivity contribution is 5.56. The first-order valence-corrected chi connectivity index (χ1v) is 7.67. The van der Waals surface area contributed by atoms with Crippen LogP contribution < -0.4 is 0 Å². The molecule has 0 saturated carbocycles. The largest absolute Gasteiger partial charge is 0.499 e. The lowest BCUT2D eigenvalue weighted by atomic mass is 10.2. The van der Waals surface area contributed by atoms with Gasteiger partial charge in [-0.15, -0.1) is 0 Å². The molecule has 23 heavy (non-hydrogen) atoms. The van der Waals surface area contributed by atoms with E-state index >= 15 is 0 Å². The van der Waals surface area contributed by atoms with E-state index in [0.717, 1.165) is 5.56 Å². The second kappa shape index (κ2) is 13.8. The Kier molecular flexibility index (Phi) is 11.5. The zero-order valence-electron chi connectivity index (χ0n) is 13.6. The molecule has 5 nitrogen and oxygen atoms in total. The molecule has 1 rings (SSSR count). The molecule has 5 heteroatoms. The molecule has 0 atom stereocenters. The van der Waals surface area contributed by atoms with Crippen molar-refractivity contribution in [3.8, 4) is 0 Å². The third kappa shape index (κ3) is 10.5. The molecule has 0 aliphatic heterocycles. The molecule has 0 N–H and O–H groups in total. The maximum Gasteiger partial charge on any atom is 0.119 e. The van der Waals surface area contributed by atoms with Crippen LogP contribution in [0.25, 0.3) is 5.76 Å². The molecule has 0 unspecified atom stereocenters. The first-order valence-electron chi connectivity index (χ1n) is 7.67. The quantitative estimate of drug-likeness (QED) is 0.367. The van der Waals surface area contributed by atoms with Crippen molar-refractivity contribution in [2.45, 2.75) is 0 Å². The fourth-order valence-corrected chi connectivity index (χ4v) is 1.66. The number of hydrogen-bond acceptors (Lipinski definition) is 5. The van der Waals surface area contributed by atoms with Crippen LogP contribution in [-0.4, -0.2) is 52.9 Å². The van der Waals surface area contributed by atoms with Crippen LogP contribution in [0.2, 0.25) is 0 Å². The summed E-state index contributed by atoms with van der Waals surface area (Å²) in [5.41, 5.74) is 0.981. The first-order chi connectivity index (χ1) is 11.3. The summed E-state index contributed by atoms with van der Waals surface area (Å²) in [6.07, 6.45) is 1.40. The molecular weight excluding hydrogens is 296 g/mol. The Bertz CT molecular complexity index is 419. The van der Waals surface area contributed by atoms with Gasteiger partial charge in [-0.1, -0.05) is 43.5 Å². The average molecular weight is 322 g/mol. The summed E-state index contributed by atoms with van der Waals surface area (Å²) in [6.45, 7) is 11.5. The molecule has 0 radical (unpaired) electrons. The first kappa shape index (κ1) is 19.2. The van der Waals surface area contributed by atoms with Gasteiger partial charge in [0, 0.05) is 5.56 Å². The van der Waals surface area contributed by atoms with E-state index in [0.29, 0.717) is 58.6 Å². The minimum Gasteiger partial charge on any atom is -0.499 e. The van der Waals surface area contributed by atoms with Crippen LogP contribution >= 0.6 is 0 Å². The molecule has 0 amide bonds. The van der Waals surface area contributed by atoms with Gasteiger partial charge in [0.25, 0.3) is 0 Å². The molecule has 0 heterocycles. The van der Waals surface area contributed by atoms with E-state index in [2.05, 4.69) is 13.2 Å². The summed E-state index contributed by atoms with van der Waals surface area (Å²) >= 11 is 0. The predicted octanol–water partition coefficient (Wildman–Crippen LogP) is 2.88. The van der Waals surface area contributed by atoms with Crippen molar-refractivity contribution in [1.29, 1.82) is 0 Å². The monoisotopic (exact) mass is 322 g/mol. The Morgan fingerprint density at radius 3 is 1.87 bits per heavy atom. The minimum atomic E-state index is 0.472. The van der Waals surface area contributed by atoms with E-state index in [-0.39, 0.29) is 0 Å². The molecule has 0 fully saturated rings. The van der Waals surface area contributed by atoms with Crippen molar-refractivity contribution in [3.05, 3.63) is 55.3 Å². The molecule has 128 valence electrons. The minimum absolute atomic E-state index is 0.472. The summed E-state index contributed by atoms with van der Waals surface area (Å²) < 4.78 is 26.5. The Hall–Kier alpha value is -1.82. The van der Waals surface area contributed by atoms with E-state index in [9.17, 15) is 0 Å². The van der Waals surface area contributed by atoms with Crippen molar-refractivity contribution in [3.63, 3.8) is 0 Å². The highest BCUT2D eigenvalue weighted by Gasteiger charge is 1.98. The van der Waals surface area contributed by atoms with Crippen LogP contribution in [0, 0.1) is 0 Å². The second-order valence-electron chi connectivity index (χ2n) is 4.51. The number of ether oxygens (including phenoxy) is 5. The van der Waals surface area contributed by atoms with Crippen LogP contribution in [-0.2, 0) is 23.7 Å². The van der Waals surface area contributed by atoms with Gasteiger partial charge in [-0.25, -0.2) is 0 Å². The standard InChI is InChI=1S/C18H26O5/c1-3-19-9-10-20-11-12-21-13-14-22-15-16-23-17(2)18-7-5-4-6-8-18/h3-8H,1-2,9-16H2. The molecule has 0 aliphatic carbocycles. The predicted molar refractivity (Wildman–Crippen MR) is 90.0 cm³/mol. The van der Waals surface area contributed by atoms with Crippen molar-refractivity contribution in [1.82, 2.24) is 0 Å². The summed E-state index contributed by atoms with van der Waals surface area (Å²) in [5, 5.41) is 0. The second-order valence-corrected chi connectivity index (χ2v) is 4.51. The van der Waals surface area contributed by atoms with Crippen LogP contribution in [0.15, 0.2) is 49.8 Å². The molecule has 1 aromatic rings. The normalized spacial score (nSPS) is 10.3. The van der Waals surface area contributed by atoms with Gasteiger partial charge in [-0.05, 0) is 0 Å². The molecule has 0 bridgehead atoms. The Morgan fingerprint density at radius 1 is 0.783 bits per heavy atom. The molecule has 0 saturated heterocycles. The van der Waals surface area contributed by atoms with Crippen LogP contribution in [0.1, 0.15) is 5.56 Å². The third-order valence-corrected chi connectivity index (χ3v) is 2.81. The number of hydrogen-bond donors (Lipinski definition) is 0. The molecule has 0 aromatic heterocycles. The van der Waals surface area contributed by atoms with Gasteiger partial charge in [-0.2, -0.15) is 0 Å². The Labute approximate surface area is 138 Å². The lowest BCUT2D eigenvalue weighted by molar-refractivity contribution is 0.00141. The SMILES string of the molecule is C=COCCOCCOCCOCCOC(=C)c1ccccc1. The van der Waals surface area contributed by atoms with Crippen LogP contribution in [0.3, 0.4) is 0 Å². The van der Waals surface area contributed by atoms with Crippen molar-refractivity contribution in [2.24, 2.45) is 0 Å². The fourth-order valence-electron chi connectivity index (χ4n) is 1.66. The van der Waals surface area contributed by atoms with E-state index in [4.69, 9.17) is 23.7 Å². The highest BCUT2D eigenvalue weighted by atomic mass is 16.6.